The van der Waals surface area contributed by atoms with Gasteiger partial charge in [-0.2, -0.15) is 8.78 Å². The molecule has 1 N–H and O–H groups in total. The summed E-state index contributed by atoms with van der Waals surface area (Å²) in [6.45, 7) is -1.70. The molecule has 0 radical (unpaired) electrons. The molecule has 1 aromatic carbocycles. The number of carbonyl (C=O) groups excluding carboxylic acids is 2. The third-order valence-corrected chi connectivity index (χ3v) is 5.13. The van der Waals surface area contributed by atoms with Crippen LogP contribution in [-0.2, 0) is 4.79 Å². The van der Waals surface area contributed by atoms with Gasteiger partial charge in [0.2, 0.25) is 5.91 Å². The third kappa shape index (κ3) is 3.38. The highest BCUT2D eigenvalue weighted by molar-refractivity contribution is 6.00. The van der Waals surface area contributed by atoms with Gasteiger partial charge in [-0.15, -0.1) is 0 Å². The van der Waals surface area contributed by atoms with Crippen molar-refractivity contribution in [2.45, 2.75) is 37.8 Å². The van der Waals surface area contributed by atoms with Crippen LogP contribution in [0.15, 0.2) is 24.3 Å². The highest BCUT2D eigenvalue weighted by atomic mass is 19.3. The molecule has 8 heteroatoms. The molecule has 142 valence electrons. The summed E-state index contributed by atoms with van der Waals surface area (Å²) in [4.78, 5) is 29.2. The van der Waals surface area contributed by atoms with Crippen molar-refractivity contribution in [1.82, 2.24) is 9.80 Å². The number of likely N-dealkylation sites (tertiary alicyclic amines) is 2. The minimum atomic E-state index is -2.92. The number of amides is 2. The van der Waals surface area contributed by atoms with Crippen molar-refractivity contribution in [2.24, 2.45) is 0 Å². The van der Waals surface area contributed by atoms with Crippen molar-refractivity contribution in [3.05, 3.63) is 29.8 Å². The molecule has 2 aliphatic heterocycles. The van der Waals surface area contributed by atoms with E-state index in [1.54, 1.807) is 9.80 Å². The zero-order valence-electron chi connectivity index (χ0n) is 14.4. The number of alkyl halides is 2. The van der Waals surface area contributed by atoms with Crippen LogP contribution in [0, 0.1) is 0 Å². The fourth-order valence-electron chi connectivity index (χ4n) is 3.99. The lowest BCUT2D eigenvalue weighted by Gasteiger charge is -2.44. The molecule has 0 aliphatic carbocycles. The lowest BCUT2D eigenvalue weighted by atomic mass is 9.85. The Morgan fingerprint density at radius 1 is 1.19 bits per heavy atom. The Balaban J connectivity index is 1.81. The van der Waals surface area contributed by atoms with Crippen LogP contribution >= 0.6 is 0 Å². The van der Waals surface area contributed by atoms with Crippen LogP contribution in [0.1, 0.15) is 36.0 Å². The number of aliphatic hydroxyl groups excluding tert-OH is 1. The van der Waals surface area contributed by atoms with Crippen molar-refractivity contribution in [1.29, 1.82) is 0 Å². The number of rotatable bonds is 5. The molecule has 3 rings (SSSR count). The maximum atomic E-state index is 13.0. The molecule has 26 heavy (non-hydrogen) atoms. The Morgan fingerprint density at radius 2 is 1.85 bits per heavy atom. The number of hydrogen-bond donors (Lipinski definition) is 1. The summed E-state index contributed by atoms with van der Waals surface area (Å²) in [7, 11) is 0. The lowest BCUT2D eigenvalue weighted by molar-refractivity contribution is -0.146. The average molecular weight is 368 g/mol. The Bertz CT molecular complexity index is 666. The molecule has 2 aliphatic rings. The number of aliphatic hydroxyl groups is 1. The summed E-state index contributed by atoms with van der Waals surface area (Å²) in [5.74, 6) is -0.415. The standard InChI is InChI=1S/C18H22F2N2O4/c19-17(20)26-14-5-3-13(4-6-14)15(24)22-10-2-8-18(22)7-1-9-21(11-12-23)16(18)25/h3-6,17,23H,1-2,7-12H2. The fourth-order valence-corrected chi connectivity index (χ4v) is 3.99. The predicted molar refractivity (Wildman–Crippen MR) is 89.0 cm³/mol. The first kappa shape index (κ1) is 18.6. The number of nitrogens with zero attached hydrogens (tertiary/aromatic N) is 2. The van der Waals surface area contributed by atoms with Crippen molar-refractivity contribution >= 4 is 11.8 Å². The normalized spacial score (nSPS) is 23.2. The highest BCUT2D eigenvalue weighted by Gasteiger charge is 2.52. The van der Waals surface area contributed by atoms with Gasteiger partial charge in [0.05, 0.1) is 6.61 Å². The molecular formula is C18H22F2N2O4. The number of ether oxygens (including phenoxy) is 1. The van der Waals surface area contributed by atoms with Crippen LogP contribution in [-0.4, -0.2) is 65.1 Å². The van der Waals surface area contributed by atoms with Gasteiger partial charge in [0.15, 0.2) is 0 Å². The topological polar surface area (TPSA) is 70.1 Å². The SMILES string of the molecule is O=C(c1ccc(OC(F)F)cc1)N1CCCC12CCCN(CCO)C2=O. The van der Waals surface area contributed by atoms with E-state index in [1.165, 1.54) is 24.3 Å². The fraction of sp³-hybridized carbons (Fsp3) is 0.556. The first-order valence-electron chi connectivity index (χ1n) is 8.75. The Hall–Kier alpha value is -2.22. The lowest BCUT2D eigenvalue weighted by Crippen LogP contribution is -2.61. The number of β-amino-alcohol motifs (C(OH)–C–C–N with tert-alkyl or cyclic N) is 1. The summed E-state index contributed by atoms with van der Waals surface area (Å²) < 4.78 is 28.8. The molecule has 0 bridgehead atoms. The van der Waals surface area contributed by atoms with E-state index in [0.717, 1.165) is 12.8 Å². The summed E-state index contributed by atoms with van der Waals surface area (Å²) in [6.07, 6.45) is 2.71. The van der Waals surface area contributed by atoms with E-state index < -0.39 is 12.2 Å². The number of hydrogen-bond acceptors (Lipinski definition) is 4. The third-order valence-electron chi connectivity index (χ3n) is 5.13. The van der Waals surface area contributed by atoms with Crippen LogP contribution in [0.3, 0.4) is 0 Å². The molecule has 1 atom stereocenters. The van der Waals surface area contributed by atoms with E-state index in [1.807, 2.05) is 0 Å². The zero-order chi connectivity index (χ0) is 18.7. The quantitative estimate of drug-likeness (QED) is 0.862. The van der Waals surface area contributed by atoms with Gasteiger partial charge in [0, 0.05) is 25.2 Å². The van der Waals surface area contributed by atoms with E-state index in [4.69, 9.17) is 5.11 Å². The van der Waals surface area contributed by atoms with Crippen LogP contribution in [0.25, 0.3) is 0 Å². The molecule has 2 saturated heterocycles. The van der Waals surface area contributed by atoms with Crippen LogP contribution in [0.4, 0.5) is 8.78 Å². The molecule has 2 amide bonds. The van der Waals surface area contributed by atoms with E-state index in [2.05, 4.69) is 4.74 Å². The minimum Gasteiger partial charge on any atom is -0.435 e. The van der Waals surface area contributed by atoms with E-state index >= 15 is 0 Å². The maximum absolute atomic E-state index is 13.0. The minimum absolute atomic E-state index is 0.0180. The van der Waals surface area contributed by atoms with Crippen molar-refractivity contribution in [2.75, 3.05) is 26.2 Å². The number of benzene rings is 1. The second-order valence-electron chi connectivity index (χ2n) is 6.61. The van der Waals surface area contributed by atoms with Crippen molar-refractivity contribution < 1.29 is 28.2 Å². The van der Waals surface area contributed by atoms with Gasteiger partial charge in [-0.25, -0.2) is 0 Å². The van der Waals surface area contributed by atoms with Crippen LogP contribution in [0.2, 0.25) is 0 Å². The highest BCUT2D eigenvalue weighted by Crippen LogP contribution is 2.39. The van der Waals surface area contributed by atoms with Gasteiger partial charge in [0.25, 0.3) is 5.91 Å². The maximum Gasteiger partial charge on any atom is 0.387 e. The van der Waals surface area contributed by atoms with E-state index in [9.17, 15) is 18.4 Å². The molecule has 2 heterocycles. The first-order chi connectivity index (χ1) is 12.5. The van der Waals surface area contributed by atoms with E-state index in [0.29, 0.717) is 31.5 Å². The Labute approximate surface area is 150 Å². The zero-order valence-corrected chi connectivity index (χ0v) is 14.4. The molecular weight excluding hydrogens is 346 g/mol. The summed E-state index contributed by atoms with van der Waals surface area (Å²) in [5, 5.41) is 9.17. The summed E-state index contributed by atoms with van der Waals surface area (Å²) >= 11 is 0. The second kappa shape index (κ2) is 7.57. The largest absolute Gasteiger partial charge is 0.435 e. The molecule has 1 spiro atoms. The first-order valence-corrected chi connectivity index (χ1v) is 8.75. The monoisotopic (exact) mass is 368 g/mol. The Kier molecular flexibility index (Phi) is 5.41. The van der Waals surface area contributed by atoms with Crippen molar-refractivity contribution in [3.63, 3.8) is 0 Å². The average Bonchev–Trinajstić information content (AvgIpc) is 3.03. The summed E-state index contributed by atoms with van der Waals surface area (Å²) in [6, 6.07) is 5.52. The van der Waals surface area contributed by atoms with E-state index in [-0.39, 0.29) is 30.7 Å². The predicted octanol–water partition coefficient (Wildman–Crippen LogP) is 1.88. The molecule has 1 unspecified atom stereocenters. The van der Waals surface area contributed by atoms with Crippen LogP contribution in [0.5, 0.6) is 5.75 Å². The van der Waals surface area contributed by atoms with Gasteiger partial charge in [-0.3, -0.25) is 9.59 Å². The van der Waals surface area contributed by atoms with Gasteiger partial charge >= 0.3 is 6.61 Å². The van der Waals surface area contributed by atoms with Crippen molar-refractivity contribution in [3.8, 4) is 5.75 Å². The number of carbonyl (C=O) groups is 2. The number of piperidine rings is 1. The molecule has 6 nitrogen and oxygen atoms in total. The van der Waals surface area contributed by atoms with Gasteiger partial charge in [-0.1, -0.05) is 0 Å². The number of halogens is 2. The summed E-state index contributed by atoms with van der Waals surface area (Å²) in [5.41, 5.74) is -0.525. The molecule has 0 aromatic heterocycles. The molecule has 0 saturated carbocycles. The molecule has 2 fully saturated rings. The van der Waals surface area contributed by atoms with Gasteiger partial charge in [-0.05, 0) is 49.9 Å². The molecule has 1 aromatic rings. The smallest absolute Gasteiger partial charge is 0.387 e. The Morgan fingerprint density at radius 3 is 2.46 bits per heavy atom. The second-order valence-corrected chi connectivity index (χ2v) is 6.61. The van der Waals surface area contributed by atoms with Crippen LogP contribution < -0.4 is 4.74 Å². The van der Waals surface area contributed by atoms with Gasteiger partial charge < -0.3 is 19.6 Å². The van der Waals surface area contributed by atoms with Gasteiger partial charge in [0.1, 0.15) is 11.3 Å².